The van der Waals surface area contributed by atoms with Crippen LogP contribution >= 0.6 is 11.3 Å². The minimum Gasteiger partial charge on any atom is -0.336 e. The summed E-state index contributed by atoms with van der Waals surface area (Å²) >= 11 is 1.65. The lowest BCUT2D eigenvalue weighted by molar-refractivity contribution is 0.0786. The van der Waals surface area contributed by atoms with Gasteiger partial charge in [-0.2, -0.15) is 5.10 Å². The number of nitrogens with zero attached hydrogens (tertiary/aromatic N) is 2. The van der Waals surface area contributed by atoms with E-state index in [9.17, 15) is 4.79 Å². The Morgan fingerprint density at radius 1 is 1.62 bits per heavy atom. The monoisotopic (exact) mass is 235 g/mol. The molecule has 16 heavy (non-hydrogen) atoms. The number of H-pyrrole nitrogens is 1. The number of aromatic amines is 1. The van der Waals surface area contributed by atoms with Crippen molar-refractivity contribution in [2.45, 2.75) is 13.5 Å². The van der Waals surface area contributed by atoms with Crippen LogP contribution in [-0.4, -0.2) is 28.1 Å². The molecule has 0 spiro atoms. The molecular weight excluding hydrogens is 222 g/mol. The maximum atomic E-state index is 12.0. The number of rotatable bonds is 3. The normalized spacial score (nSPS) is 10.4. The van der Waals surface area contributed by atoms with Gasteiger partial charge in [0.25, 0.3) is 5.91 Å². The number of amides is 1. The van der Waals surface area contributed by atoms with Crippen LogP contribution in [0.4, 0.5) is 0 Å². The minimum absolute atomic E-state index is 0.000324. The van der Waals surface area contributed by atoms with E-state index in [1.54, 1.807) is 29.5 Å². The van der Waals surface area contributed by atoms with Gasteiger partial charge in [0.15, 0.2) is 0 Å². The zero-order valence-corrected chi connectivity index (χ0v) is 10.0. The summed E-state index contributed by atoms with van der Waals surface area (Å²) in [5, 5.41) is 8.63. The van der Waals surface area contributed by atoms with Crippen LogP contribution < -0.4 is 0 Å². The maximum Gasteiger partial charge on any atom is 0.257 e. The molecule has 1 amide bonds. The Hall–Kier alpha value is -1.62. The van der Waals surface area contributed by atoms with E-state index in [1.165, 1.54) is 4.88 Å². The Bertz CT molecular complexity index is 475. The molecule has 0 radical (unpaired) electrons. The molecule has 0 atom stereocenters. The standard InChI is InChI=1S/C11H13N3OS/c1-8-10(6-12-13-8)11(15)14(2)7-9-4-3-5-16-9/h3-6H,7H2,1-2H3,(H,12,13). The summed E-state index contributed by atoms with van der Waals surface area (Å²) in [6, 6.07) is 4.01. The van der Waals surface area contributed by atoms with E-state index in [2.05, 4.69) is 10.2 Å². The van der Waals surface area contributed by atoms with Gasteiger partial charge >= 0.3 is 0 Å². The van der Waals surface area contributed by atoms with Gasteiger partial charge in [0, 0.05) is 17.6 Å². The molecule has 5 heteroatoms. The average molecular weight is 235 g/mol. The van der Waals surface area contributed by atoms with Crippen LogP contribution in [0, 0.1) is 6.92 Å². The molecule has 0 saturated carbocycles. The fourth-order valence-corrected chi connectivity index (χ4v) is 2.24. The van der Waals surface area contributed by atoms with Gasteiger partial charge in [0.05, 0.1) is 18.3 Å². The fraction of sp³-hybridized carbons (Fsp3) is 0.273. The van der Waals surface area contributed by atoms with Crippen molar-refractivity contribution >= 4 is 17.2 Å². The highest BCUT2D eigenvalue weighted by molar-refractivity contribution is 7.09. The average Bonchev–Trinajstić information content (AvgIpc) is 2.88. The summed E-state index contributed by atoms with van der Waals surface area (Å²) < 4.78 is 0. The molecule has 0 saturated heterocycles. The van der Waals surface area contributed by atoms with Crippen molar-refractivity contribution in [3.8, 4) is 0 Å². The van der Waals surface area contributed by atoms with E-state index >= 15 is 0 Å². The maximum absolute atomic E-state index is 12.0. The second-order valence-electron chi connectivity index (χ2n) is 3.65. The van der Waals surface area contributed by atoms with Crippen molar-refractivity contribution in [1.29, 1.82) is 0 Å². The highest BCUT2D eigenvalue weighted by Crippen LogP contribution is 2.13. The first kappa shape index (κ1) is 10.9. The smallest absolute Gasteiger partial charge is 0.257 e. The van der Waals surface area contributed by atoms with Crippen LogP contribution in [0.25, 0.3) is 0 Å². The van der Waals surface area contributed by atoms with Crippen LogP contribution in [0.2, 0.25) is 0 Å². The fourth-order valence-electron chi connectivity index (χ4n) is 1.48. The first-order chi connectivity index (χ1) is 7.68. The van der Waals surface area contributed by atoms with E-state index < -0.39 is 0 Å². The van der Waals surface area contributed by atoms with Crippen LogP contribution in [-0.2, 0) is 6.54 Å². The predicted molar refractivity (Wildman–Crippen MR) is 63.4 cm³/mol. The Kier molecular flexibility index (Phi) is 3.05. The van der Waals surface area contributed by atoms with Gasteiger partial charge in [-0.1, -0.05) is 6.07 Å². The van der Waals surface area contributed by atoms with Gasteiger partial charge in [0.2, 0.25) is 0 Å². The molecule has 0 aliphatic heterocycles. The van der Waals surface area contributed by atoms with Crippen molar-refractivity contribution in [3.63, 3.8) is 0 Å². The minimum atomic E-state index is -0.000324. The summed E-state index contributed by atoms with van der Waals surface area (Å²) in [5.74, 6) is -0.000324. The van der Waals surface area contributed by atoms with E-state index in [0.29, 0.717) is 12.1 Å². The summed E-state index contributed by atoms with van der Waals surface area (Å²) in [6.07, 6.45) is 1.57. The Morgan fingerprint density at radius 2 is 2.44 bits per heavy atom. The van der Waals surface area contributed by atoms with Gasteiger partial charge in [0.1, 0.15) is 0 Å². The molecule has 2 rings (SSSR count). The Morgan fingerprint density at radius 3 is 3.00 bits per heavy atom. The van der Waals surface area contributed by atoms with Crippen LogP contribution in [0.3, 0.4) is 0 Å². The van der Waals surface area contributed by atoms with Crippen LogP contribution in [0.5, 0.6) is 0 Å². The molecule has 4 nitrogen and oxygen atoms in total. The Labute approximate surface area is 97.9 Å². The largest absolute Gasteiger partial charge is 0.336 e. The second kappa shape index (κ2) is 4.49. The first-order valence-electron chi connectivity index (χ1n) is 4.96. The molecular formula is C11H13N3OS. The highest BCUT2D eigenvalue weighted by Gasteiger charge is 2.15. The number of aryl methyl sites for hydroxylation is 1. The SMILES string of the molecule is Cc1[nH]ncc1C(=O)N(C)Cc1cccs1. The van der Waals surface area contributed by atoms with Gasteiger partial charge < -0.3 is 4.90 Å². The molecule has 0 aromatic carbocycles. The van der Waals surface area contributed by atoms with Crippen LogP contribution in [0.15, 0.2) is 23.7 Å². The molecule has 0 bridgehead atoms. The number of aromatic nitrogens is 2. The van der Waals surface area contributed by atoms with Crippen molar-refractivity contribution < 1.29 is 4.79 Å². The van der Waals surface area contributed by atoms with Gasteiger partial charge in [-0.05, 0) is 18.4 Å². The molecule has 0 aliphatic carbocycles. The molecule has 2 heterocycles. The van der Waals surface area contributed by atoms with Crippen molar-refractivity contribution in [1.82, 2.24) is 15.1 Å². The lowest BCUT2D eigenvalue weighted by atomic mass is 10.2. The molecule has 1 N–H and O–H groups in total. The van der Waals surface area contributed by atoms with E-state index in [1.807, 2.05) is 24.4 Å². The number of thiophene rings is 1. The molecule has 0 unspecified atom stereocenters. The van der Waals surface area contributed by atoms with Crippen molar-refractivity contribution in [3.05, 3.63) is 39.8 Å². The topological polar surface area (TPSA) is 49.0 Å². The lowest BCUT2D eigenvalue weighted by Crippen LogP contribution is -2.26. The number of carbonyl (C=O) groups is 1. The molecule has 0 fully saturated rings. The Balaban J connectivity index is 2.08. The van der Waals surface area contributed by atoms with E-state index in [4.69, 9.17) is 0 Å². The zero-order chi connectivity index (χ0) is 11.5. The predicted octanol–water partition coefficient (Wildman–Crippen LogP) is 2.05. The molecule has 2 aromatic heterocycles. The summed E-state index contributed by atoms with van der Waals surface area (Å²) in [7, 11) is 1.80. The first-order valence-corrected chi connectivity index (χ1v) is 5.84. The van der Waals surface area contributed by atoms with Gasteiger partial charge in [-0.3, -0.25) is 9.89 Å². The summed E-state index contributed by atoms with van der Waals surface area (Å²) in [6.45, 7) is 2.49. The number of hydrogen-bond acceptors (Lipinski definition) is 3. The second-order valence-corrected chi connectivity index (χ2v) is 4.68. The third-order valence-corrected chi connectivity index (χ3v) is 3.24. The number of carbonyl (C=O) groups excluding carboxylic acids is 1. The summed E-state index contributed by atoms with van der Waals surface area (Å²) in [5.41, 5.74) is 1.45. The van der Waals surface area contributed by atoms with Gasteiger partial charge in [-0.25, -0.2) is 0 Å². The van der Waals surface area contributed by atoms with E-state index in [0.717, 1.165) is 5.69 Å². The third kappa shape index (κ3) is 2.14. The van der Waals surface area contributed by atoms with Crippen molar-refractivity contribution in [2.75, 3.05) is 7.05 Å². The quantitative estimate of drug-likeness (QED) is 0.885. The molecule has 84 valence electrons. The van der Waals surface area contributed by atoms with Gasteiger partial charge in [-0.15, -0.1) is 11.3 Å². The third-order valence-electron chi connectivity index (χ3n) is 2.38. The van der Waals surface area contributed by atoms with Crippen molar-refractivity contribution in [2.24, 2.45) is 0 Å². The van der Waals surface area contributed by atoms with Crippen LogP contribution in [0.1, 0.15) is 20.9 Å². The number of hydrogen-bond donors (Lipinski definition) is 1. The molecule has 2 aromatic rings. The van der Waals surface area contributed by atoms with E-state index in [-0.39, 0.29) is 5.91 Å². The zero-order valence-electron chi connectivity index (χ0n) is 9.23. The number of nitrogens with one attached hydrogen (secondary N) is 1. The highest BCUT2D eigenvalue weighted by atomic mass is 32.1. The molecule has 0 aliphatic rings. The summed E-state index contributed by atoms with van der Waals surface area (Å²) in [4.78, 5) is 14.9. The lowest BCUT2D eigenvalue weighted by Gasteiger charge is -2.15.